The van der Waals surface area contributed by atoms with E-state index in [0.29, 0.717) is 52.0 Å². The van der Waals surface area contributed by atoms with E-state index >= 15 is 0 Å². The van der Waals surface area contributed by atoms with Crippen LogP contribution in [0, 0.1) is 13.8 Å². The third-order valence-corrected chi connectivity index (χ3v) is 7.55. The predicted molar refractivity (Wildman–Crippen MR) is 151 cm³/mol. The minimum absolute atomic E-state index is 0.0477. The number of hydrogen-bond acceptors (Lipinski definition) is 8. The van der Waals surface area contributed by atoms with Gasteiger partial charge in [-0.1, -0.05) is 11.6 Å². The first kappa shape index (κ1) is 27.8. The zero-order chi connectivity index (χ0) is 28.8. The average molecular weight is 585 g/mol. The maximum absolute atomic E-state index is 13.2. The summed E-state index contributed by atoms with van der Waals surface area (Å²) in [6.07, 6.45) is 1.67. The van der Waals surface area contributed by atoms with Gasteiger partial charge in [0.2, 0.25) is 10.0 Å². The molecule has 4 heterocycles. The van der Waals surface area contributed by atoms with Crippen molar-refractivity contribution in [1.82, 2.24) is 28.8 Å². The van der Waals surface area contributed by atoms with E-state index in [2.05, 4.69) is 15.0 Å². The monoisotopic (exact) mass is 584 g/mol. The highest BCUT2D eigenvalue weighted by atomic mass is 35.5. The molecule has 4 aromatic rings. The molecule has 0 spiro atoms. The molecule has 210 valence electrons. The van der Waals surface area contributed by atoms with E-state index in [-0.39, 0.29) is 17.9 Å². The van der Waals surface area contributed by atoms with Gasteiger partial charge >= 0.3 is 0 Å². The molecular formula is C27H29ClN6O5S. The summed E-state index contributed by atoms with van der Waals surface area (Å²) in [5, 5.41) is 4.90. The lowest BCUT2D eigenvalue weighted by atomic mass is 10.0. The first-order chi connectivity index (χ1) is 18.9. The molecule has 1 N–H and O–H groups in total. The average Bonchev–Trinajstić information content (AvgIpc) is 3.30. The summed E-state index contributed by atoms with van der Waals surface area (Å²) in [4.78, 5) is 32.6. The number of nitrogens with zero attached hydrogens (tertiary/aromatic N) is 5. The summed E-state index contributed by atoms with van der Waals surface area (Å²) in [6.45, 7) is 5.55. The highest BCUT2D eigenvalue weighted by Crippen LogP contribution is 2.36. The van der Waals surface area contributed by atoms with E-state index < -0.39 is 15.9 Å². The number of nitrogens with one attached hydrogen (secondary N) is 1. The number of halogens is 1. The van der Waals surface area contributed by atoms with Crippen LogP contribution in [0.3, 0.4) is 0 Å². The van der Waals surface area contributed by atoms with Crippen LogP contribution in [0.15, 0.2) is 41.2 Å². The molecule has 0 aliphatic carbocycles. The molecule has 13 heteroatoms. The maximum atomic E-state index is 13.2. The Hall–Kier alpha value is -3.74. The van der Waals surface area contributed by atoms with E-state index in [1.165, 1.54) is 10.6 Å². The van der Waals surface area contributed by atoms with Crippen LogP contribution >= 0.6 is 11.6 Å². The Kier molecular flexibility index (Phi) is 7.42. The fourth-order valence-electron chi connectivity index (χ4n) is 4.93. The standard InChI is InChI=1S/C27H29ClN6O5S/c1-16-13-19(23-6-7-24(34(23)30-16)26(35)31-40(4,37)38)20-14-18(28)5-8-25(20)39-12-11-33-17(2)29-22-9-10-32(3)15-21(22)27(33)36/h5-8,13-14H,9-12,15H2,1-4H3,(H,31,35). The molecule has 5 rings (SSSR count). The molecule has 0 bridgehead atoms. The van der Waals surface area contributed by atoms with Crippen LogP contribution in [0.25, 0.3) is 16.6 Å². The number of aryl methyl sites for hydroxylation is 2. The summed E-state index contributed by atoms with van der Waals surface area (Å²) < 4.78 is 34.4. The number of rotatable bonds is 7. The molecule has 1 aliphatic heterocycles. The molecule has 3 aromatic heterocycles. The third kappa shape index (κ3) is 5.60. The molecule has 1 aromatic carbocycles. The molecule has 40 heavy (non-hydrogen) atoms. The highest BCUT2D eigenvalue weighted by Gasteiger charge is 2.22. The second kappa shape index (κ2) is 10.7. The van der Waals surface area contributed by atoms with Crippen LogP contribution in [-0.2, 0) is 29.5 Å². The van der Waals surface area contributed by atoms with E-state index in [1.807, 2.05) is 24.8 Å². The number of ether oxygens (including phenoxy) is 1. The number of hydrogen-bond donors (Lipinski definition) is 1. The number of carbonyl (C=O) groups excluding carboxylic acids is 1. The summed E-state index contributed by atoms with van der Waals surface area (Å²) >= 11 is 6.37. The van der Waals surface area contributed by atoms with Gasteiger partial charge in [0.15, 0.2) is 0 Å². The minimum Gasteiger partial charge on any atom is -0.491 e. The Morgan fingerprint density at radius 1 is 1.15 bits per heavy atom. The van der Waals surface area contributed by atoms with Crippen molar-refractivity contribution in [3.8, 4) is 16.9 Å². The van der Waals surface area contributed by atoms with Crippen LogP contribution in [0.1, 0.15) is 33.3 Å². The molecule has 0 unspecified atom stereocenters. The predicted octanol–water partition coefficient (Wildman–Crippen LogP) is 2.58. The summed E-state index contributed by atoms with van der Waals surface area (Å²) in [6, 6.07) is 10.2. The number of fused-ring (bicyclic) bond motifs is 2. The lowest BCUT2D eigenvalue weighted by Crippen LogP contribution is -2.37. The Labute approximate surface area is 236 Å². The van der Waals surface area contributed by atoms with Crippen molar-refractivity contribution in [2.45, 2.75) is 33.4 Å². The zero-order valence-electron chi connectivity index (χ0n) is 22.6. The molecule has 0 fully saturated rings. The van der Waals surface area contributed by atoms with Gasteiger partial charge < -0.3 is 9.64 Å². The van der Waals surface area contributed by atoms with Gasteiger partial charge in [0.1, 0.15) is 23.9 Å². The number of likely N-dealkylation sites (N-methyl/N-ethyl adjacent to an activating group) is 1. The molecule has 1 amide bonds. The summed E-state index contributed by atoms with van der Waals surface area (Å²) in [5.74, 6) is 0.379. The van der Waals surface area contributed by atoms with Crippen LogP contribution in [0.2, 0.25) is 5.02 Å². The quantitative estimate of drug-likeness (QED) is 0.351. The Bertz CT molecular complexity index is 1810. The van der Waals surface area contributed by atoms with Crippen molar-refractivity contribution in [3.05, 3.63) is 80.2 Å². The number of amides is 1. The third-order valence-electron chi connectivity index (χ3n) is 6.75. The van der Waals surface area contributed by atoms with Gasteiger partial charge in [-0.25, -0.2) is 22.6 Å². The fraction of sp³-hybridized carbons (Fsp3) is 0.333. The van der Waals surface area contributed by atoms with Crippen molar-refractivity contribution in [2.75, 3.05) is 26.5 Å². The second-order valence-electron chi connectivity index (χ2n) is 9.94. The molecule has 0 saturated heterocycles. The smallest absolute Gasteiger partial charge is 0.283 e. The van der Waals surface area contributed by atoms with Gasteiger partial charge in [0.05, 0.1) is 35.3 Å². The van der Waals surface area contributed by atoms with Crippen molar-refractivity contribution < 1.29 is 17.9 Å². The molecule has 0 radical (unpaired) electrons. The fourth-order valence-corrected chi connectivity index (χ4v) is 5.55. The van der Waals surface area contributed by atoms with Gasteiger partial charge in [-0.05, 0) is 57.3 Å². The van der Waals surface area contributed by atoms with E-state index in [9.17, 15) is 18.0 Å². The minimum atomic E-state index is -3.76. The van der Waals surface area contributed by atoms with E-state index in [1.54, 1.807) is 35.8 Å². The van der Waals surface area contributed by atoms with Crippen LogP contribution in [0.4, 0.5) is 0 Å². The molecule has 0 atom stereocenters. The van der Waals surface area contributed by atoms with Crippen molar-refractivity contribution in [1.29, 1.82) is 0 Å². The summed E-state index contributed by atoms with van der Waals surface area (Å²) in [5.41, 5.74) is 4.11. The number of benzene rings is 1. The first-order valence-electron chi connectivity index (χ1n) is 12.6. The number of carbonyl (C=O) groups is 1. The topological polar surface area (TPSA) is 128 Å². The molecular weight excluding hydrogens is 556 g/mol. The SMILES string of the molecule is Cc1cc(-c2cc(Cl)ccc2OCCn2c(C)nc3c(c2=O)CN(C)CC3)c2ccc(C(=O)NS(C)(=O)=O)n2n1. The van der Waals surface area contributed by atoms with Crippen molar-refractivity contribution in [2.24, 2.45) is 0 Å². The van der Waals surface area contributed by atoms with E-state index in [4.69, 9.17) is 16.3 Å². The number of aromatic nitrogens is 4. The first-order valence-corrected chi connectivity index (χ1v) is 14.9. The highest BCUT2D eigenvalue weighted by molar-refractivity contribution is 7.89. The van der Waals surface area contributed by atoms with Gasteiger partial charge in [-0.15, -0.1) is 0 Å². The van der Waals surface area contributed by atoms with Crippen LogP contribution < -0.4 is 15.0 Å². The van der Waals surface area contributed by atoms with Crippen molar-refractivity contribution >= 4 is 33.0 Å². The van der Waals surface area contributed by atoms with E-state index in [0.717, 1.165) is 30.5 Å². The van der Waals surface area contributed by atoms with Crippen LogP contribution in [-0.4, -0.2) is 64.8 Å². The largest absolute Gasteiger partial charge is 0.491 e. The second-order valence-corrected chi connectivity index (χ2v) is 12.1. The van der Waals surface area contributed by atoms with Gasteiger partial charge in [-0.2, -0.15) is 5.10 Å². The normalized spacial score (nSPS) is 13.8. The van der Waals surface area contributed by atoms with Gasteiger partial charge in [0, 0.05) is 35.7 Å². The summed E-state index contributed by atoms with van der Waals surface area (Å²) in [7, 11) is -1.77. The Balaban J connectivity index is 1.47. The van der Waals surface area contributed by atoms with Crippen molar-refractivity contribution in [3.63, 3.8) is 0 Å². The zero-order valence-corrected chi connectivity index (χ0v) is 24.1. The van der Waals surface area contributed by atoms with Crippen LogP contribution in [0.5, 0.6) is 5.75 Å². The lowest BCUT2D eigenvalue weighted by molar-refractivity contribution is 0.0975. The maximum Gasteiger partial charge on any atom is 0.283 e. The molecule has 1 aliphatic rings. The Morgan fingerprint density at radius 3 is 2.67 bits per heavy atom. The van der Waals surface area contributed by atoms with Gasteiger partial charge in [-0.3, -0.25) is 14.2 Å². The van der Waals surface area contributed by atoms with Gasteiger partial charge in [0.25, 0.3) is 11.5 Å². The Morgan fingerprint density at radius 2 is 1.93 bits per heavy atom. The molecule has 0 saturated carbocycles. The molecule has 11 nitrogen and oxygen atoms in total. The number of sulfonamides is 1. The lowest BCUT2D eigenvalue weighted by Gasteiger charge is -2.25.